The first kappa shape index (κ1) is 26.1. The lowest BCUT2D eigenvalue weighted by molar-refractivity contribution is -0.919. The van der Waals surface area contributed by atoms with Crippen molar-refractivity contribution in [3.05, 3.63) is 51.8 Å². The number of hydrogen-bond acceptors (Lipinski definition) is 7. The van der Waals surface area contributed by atoms with Crippen molar-refractivity contribution >= 4 is 34.1 Å². The van der Waals surface area contributed by atoms with Crippen LogP contribution in [0.15, 0.2) is 24.4 Å². The van der Waals surface area contributed by atoms with Crippen molar-refractivity contribution in [2.75, 3.05) is 19.7 Å². The summed E-state index contributed by atoms with van der Waals surface area (Å²) in [5, 5.41) is 36.6. The molecule has 192 valence electrons. The minimum Gasteiger partial charge on any atom is -0.607 e. The van der Waals surface area contributed by atoms with Gasteiger partial charge in [-0.25, -0.2) is 14.5 Å². The van der Waals surface area contributed by atoms with Crippen molar-refractivity contribution in [1.29, 1.82) is 0 Å². The van der Waals surface area contributed by atoms with Gasteiger partial charge < -0.3 is 20.7 Å². The van der Waals surface area contributed by atoms with Gasteiger partial charge in [-0.15, -0.1) is 5.01 Å². The second-order valence-electron chi connectivity index (χ2n) is 9.53. The number of aliphatic hydroxyl groups excluding tert-OH is 2. The first-order chi connectivity index (χ1) is 16.5. The number of fused-ring (bicyclic) bond motifs is 1. The van der Waals surface area contributed by atoms with E-state index in [2.05, 4.69) is 10.3 Å². The van der Waals surface area contributed by atoms with Crippen LogP contribution in [0.25, 0.3) is 0 Å². The Bertz CT molecular complexity index is 1140. The summed E-state index contributed by atoms with van der Waals surface area (Å²) in [6, 6.07) is 4.25. The number of imidazole rings is 1. The predicted molar refractivity (Wildman–Crippen MR) is 128 cm³/mol. The molecule has 3 atom stereocenters. The molecular weight excluding hydrogens is 501 g/mol. The van der Waals surface area contributed by atoms with Gasteiger partial charge in [0.2, 0.25) is 11.6 Å². The molecule has 3 unspecified atom stereocenters. The van der Waals surface area contributed by atoms with Gasteiger partial charge in [-0.1, -0.05) is 17.7 Å². The average Bonchev–Trinajstić information content (AvgIpc) is 3.48. The van der Waals surface area contributed by atoms with Crippen molar-refractivity contribution in [2.24, 2.45) is 0 Å². The van der Waals surface area contributed by atoms with Gasteiger partial charge >= 0.3 is 0 Å². The van der Waals surface area contributed by atoms with Gasteiger partial charge in [-0.05, 0) is 44.4 Å². The molecule has 1 saturated carbocycles. The number of rotatable bonds is 9. The number of halogens is 2. The van der Waals surface area contributed by atoms with E-state index in [0.717, 1.165) is 0 Å². The van der Waals surface area contributed by atoms with Gasteiger partial charge in [0.15, 0.2) is 0 Å². The van der Waals surface area contributed by atoms with Crippen LogP contribution in [-0.4, -0.2) is 70.2 Å². The number of nitrogens with one attached hydrogen (secondary N) is 2. The summed E-state index contributed by atoms with van der Waals surface area (Å²) in [5.41, 5.74) is 0.532. The molecule has 1 aliphatic carbocycles. The van der Waals surface area contributed by atoms with Crippen molar-refractivity contribution in [3.63, 3.8) is 0 Å². The molecule has 1 fully saturated rings. The van der Waals surface area contributed by atoms with E-state index in [1.807, 2.05) is 0 Å². The molecule has 1 aromatic carbocycles. The standard InChI is InChI=1S/C22H29ClFN5O5S/c1-21(2,17(31)12-30)35(34)22(5-6-22)13-27-7-8-28-18(29(27)33)11-25-19(28)20(32)26-10-14-3-4-15(23)16(24)9-14/h3-4,9,11,17,29-31H,5-8,10,12-13H2,1-2H3,(H,26,32). The average molecular weight is 530 g/mol. The van der Waals surface area contributed by atoms with E-state index >= 15 is 0 Å². The monoisotopic (exact) mass is 529 g/mol. The number of aromatic nitrogens is 2. The van der Waals surface area contributed by atoms with Gasteiger partial charge in [0.05, 0.1) is 40.3 Å². The van der Waals surface area contributed by atoms with Crippen LogP contribution >= 0.6 is 11.6 Å². The zero-order chi connectivity index (χ0) is 25.5. The number of quaternary nitrogens is 1. The number of hydrogen-bond donors (Lipinski definition) is 4. The van der Waals surface area contributed by atoms with Crippen LogP contribution in [0.5, 0.6) is 0 Å². The Labute approximate surface area is 209 Å². The Hall–Kier alpha value is -1.93. The third-order valence-corrected chi connectivity index (χ3v) is 9.59. The fraction of sp³-hybridized carbons (Fsp3) is 0.545. The molecule has 4 rings (SSSR count). The molecule has 1 aliphatic heterocycles. The third kappa shape index (κ3) is 5.01. The Morgan fingerprint density at radius 1 is 1.43 bits per heavy atom. The van der Waals surface area contributed by atoms with Crippen LogP contribution < -0.4 is 10.5 Å². The molecule has 4 N–H and O–H groups in total. The second kappa shape index (κ2) is 9.85. The fourth-order valence-corrected chi connectivity index (χ4v) is 6.59. The predicted octanol–water partition coefficient (Wildman–Crippen LogP) is 0.264. The molecule has 13 heteroatoms. The lowest BCUT2D eigenvalue weighted by atomic mass is 10.1. The lowest BCUT2D eigenvalue weighted by Gasteiger charge is -2.40. The number of amides is 1. The van der Waals surface area contributed by atoms with Crippen molar-refractivity contribution in [1.82, 2.24) is 19.9 Å². The van der Waals surface area contributed by atoms with Gasteiger partial charge in [0.25, 0.3) is 5.91 Å². The van der Waals surface area contributed by atoms with Gasteiger partial charge in [-0.2, -0.15) is 0 Å². The maximum Gasteiger partial charge on any atom is 0.287 e. The quantitative estimate of drug-likeness (QED) is 0.342. The lowest BCUT2D eigenvalue weighted by Crippen LogP contribution is -3.11. The first-order valence-electron chi connectivity index (χ1n) is 11.3. The van der Waals surface area contributed by atoms with Crippen molar-refractivity contribution in [2.45, 2.75) is 55.4 Å². The number of nitrogens with zero attached hydrogens (tertiary/aromatic N) is 3. The SMILES string of the molecule is CC(C)(C(O)CO)S(=O)C1(CN2CCn3c(cnc3C(=O)NCc3ccc(Cl)c(F)c3)[NH+]2[O-])CC1. The Morgan fingerprint density at radius 2 is 2.14 bits per heavy atom. The highest BCUT2D eigenvalue weighted by molar-refractivity contribution is 7.88. The molecule has 2 aromatic rings. The van der Waals surface area contributed by atoms with Crippen LogP contribution in [0.3, 0.4) is 0 Å². The van der Waals surface area contributed by atoms with Crippen molar-refractivity contribution in [3.8, 4) is 0 Å². The largest absolute Gasteiger partial charge is 0.607 e. The maximum atomic E-state index is 13.6. The van der Waals surface area contributed by atoms with E-state index in [-0.39, 0.29) is 34.9 Å². The van der Waals surface area contributed by atoms with E-state index in [1.54, 1.807) is 29.5 Å². The number of carbonyl (C=O) groups is 1. The molecule has 0 bridgehead atoms. The molecule has 2 heterocycles. The summed E-state index contributed by atoms with van der Waals surface area (Å²) in [6.45, 7) is 3.79. The van der Waals surface area contributed by atoms with Gasteiger partial charge in [0.1, 0.15) is 12.0 Å². The van der Waals surface area contributed by atoms with Crippen LogP contribution in [0.1, 0.15) is 42.9 Å². The van der Waals surface area contributed by atoms with E-state index < -0.39 is 44.7 Å². The van der Waals surface area contributed by atoms with Crippen LogP contribution in [0.2, 0.25) is 5.02 Å². The molecule has 0 spiro atoms. The number of aliphatic hydroxyl groups is 2. The first-order valence-corrected chi connectivity index (χ1v) is 12.8. The Morgan fingerprint density at radius 3 is 2.77 bits per heavy atom. The zero-order valence-electron chi connectivity index (χ0n) is 19.5. The number of benzene rings is 1. The van der Waals surface area contributed by atoms with Gasteiger partial charge in [0, 0.05) is 23.9 Å². The highest BCUT2D eigenvalue weighted by atomic mass is 35.5. The summed E-state index contributed by atoms with van der Waals surface area (Å²) in [5.74, 6) is -0.729. The van der Waals surface area contributed by atoms with Crippen LogP contribution in [-0.2, 0) is 23.9 Å². The summed E-state index contributed by atoms with van der Waals surface area (Å²) in [4.78, 5) is 16.8. The van der Waals surface area contributed by atoms with E-state index in [0.29, 0.717) is 31.5 Å². The normalized spacial score (nSPS) is 21.3. The number of carbonyl (C=O) groups excluding carboxylic acids is 1. The highest BCUT2D eigenvalue weighted by Crippen LogP contribution is 2.46. The molecule has 2 aliphatic rings. The maximum absolute atomic E-state index is 13.6. The smallest absolute Gasteiger partial charge is 0.287 e. The van der Waals surface area contributed by atoms with E-state index in [4.69, 9.17) is 11.6 Å². The van der Waals surface area contributed by atoms with E-state index in [1.165, 1.54) is 18.3 Å². The molecule has 1 amide bonds. The molecule has 0 radical (unpaired) electrons. The Balaban J connectivity index is 1.43. The van der Waals surface area contributed by atoms with Crippen molar-refractivity contribution < 1.29 is 28.8 Å². The topological polar surface area (TPSA) is 135 Å². The van der Waals surface area contributed by atoms with Crippen LogP contribution in [0, 0.1) is 11.0 Å². The minimum atomic E-state index is -1.49. The molecular formula is C22H29ClFN5O5S. The summed E-state index contributed by atoms with van der Waals surface area (Å²) >= 11 is 5.68. The summed E-state index contributed by atoms with van der Waals surface area (Å²) in [6.07, 6.45) is 1.53. The van der Waals surface area contributed by atoms with E-state index in [9.17, 15) is 28.8 Å². The zero-order valence-corrected chi connectivity index (χ0v) is 21.0. The molecule has 0 saturated heterocycles. The van der Waals surface area contributed by atoms with Crippen LogP contribution in [0.4, 0.5) is 10.2 Å². The van der Waals surface area contributed by atoms with Gasteiger partial charge in [-0.3, -0.25) is 13.6 Å². The summed E-state index contributed by atoms with van der Waals surface area (Å²) < 4.78 is 26.8. The third-order valence-electron chi connectivity index (χ3n) is 6.73. The summed E-state index contributed by atoms with van der Waals surface area (Å²) in [7, 11) is -1.49. The molecule has 1 aromatic heterocycles. The highest BCUT2D eigenvalue weighted by Gasteiger charge is 2.56. The second-order valence-corrected chi connectivity index (χ2v) is 12.4. The minimum absolute atomic E-state index is 0.00424. The molecule has 35 heavy (non-hydrogen) atoms. The molecule has 10 nitrogen and oxygen atoms in total. The Kier molecular flexibility index (Phi) is 7.36. The fourth-order valence-electron chi connectivity index (χ4n) is 4.29.